The number of anilines is 1. The van der Waals surface area contributed by atoms with E-state index >= 15 is 0 Å². The smallest absolute Gasteiger partial charge is 0.254 e. The zero-order chi connectivity index (χ0) is 17.1. The Morgan fingerprint density at radius 3 is 2.62 bits per heavy atom. The van der Waals surface area contributed by atoms with Gasteiger partial charge in [-0.05, 0) is 37.1 Å². The van der Waals surface area contributed by atoms with Gasteiger partial charge in [-0.1, -0.05) is 0 Å². The topological polar surface area (TPSA) is 70.5 Å². The van der Waals surface area contributed by atoms with Gasteiger partial charge in [0.05, 0.1) is 5.69 Å². The summed E-state index contributed by atoms with van der Waals surface area (Å²) in [5.41, 5.74) is 4.57. The number of hydrogen-bond acceptors (Lipinski definition) is 4. The first-order chi connectivity index (χ1) is 11.6. The molecule has 0 radical (unpaired) electrons. The second-order valence-electron chi connectivity index (χ2n) is 6.05. The third-order valence-corrected chi connectivity index (χ3v) is 4.13. The number of likely N-dealkylation sites (tertiary alicyclic amines) is 1. The van der Waals surface area contributed by atoms with Crippen molar-refractivity contribution in [1.82, 2.24) is 19.5 Å². The van der Waals surface area contributed by atoms with E-state index in [0.717, 1.165) is 18.5 Å². The summed E-state index contributed by atoms with van der Waals surface area (Å²) in [6, 6.07) is 6.88. The van der Waals surface area contributed by atoms with Gasteiger partial charge in [-0.3, -0.25) is 19.7 Å². The fourth-order valence-electron chi connectivity index (χ4n) is 2.89. The molecule has 126 valence electrons. The quantitative estimate of drug-likeness (QED) is 0.923. The van der Waals surface area contributed by atoms with Crippen molar-refractivity contribution in [3.8, 4) is 0 Å². The molecular formula is C17H21N5O2. The van der Waals surface area contributed by atoms with Gasteiger partial charge in [0, 0.05) is 38.6 Å². The van der Waals surface area contributed by atoms with Crippen LogP contribution in [-0.2, 0) is 4.79 Å². The number of nitrogens with zero attached hydrogens (tertiary/aromatic N) is 4. The maximum absolute atomic E-state index is 12.7. The summed E-state index contributed by atoms with van der Waals surface area (Å²) in [4.78, 5) is 32.2. The first-order valence-electron chi connectivity index (χ1n) is 7.93. The van der Waals surface area contributed by atoms with Crippen LogP contribution in [0, 0.1) is 0 Å². The predicted octanol–water partition coefficient (Wildman–Crippen LogP) is 1.45. The summed E-state index contributed by atoms with van der Waals surface area (Å²) in [5, 5.41) is 0. The Morgan fingerprint density at radius 2 is 2.00 bits per heavy atom. The number of carbonyl (C=O) groups is 2. The minimum absolute atomic E-state index is 0.0146. The molecule has 7 nitrogen and oxygen atoms in total. The molecule has 1 aliphatic heterocycles. The van der Waals surface area contributed by atoms with Gasteiger partial charge in [0.15, 0.2) is 0 Å². The lowest BCUT2D eigenvalue weighted by Gasteiger charge is -2.26. The van der Waals surface area contributed by atoms with E-state index < -0.39 is 0 Å². The van der Waals surface area contributed by atoms with Gasteiger partial charge < -0.3 is 9.80 Å². The number of nitrogens with one attached hydrogen (secondary N) is 1. The number of amides is 2. The van der Waals surface area contributed by atoms with Crippen LogP contribution < -0.4 is 5.43 Å². The van der Waals surface area contributed by atoms with Crippen molar-refractivity contribution < 1.29 is 9.59 Å². The minimum Gasteiger partial charge on any atom is -0.347 e. The Hall–Kier alpha value is -2.83. The largest absolute Gasteiger partial charge is 0.347 e. The SMILES string of the molecule is CN(C)C(=O)C1CCCN1C(=O)c1ccc(Nn2ccnc2)cc1. The third-order valence-electron chi connectivity index (χ3n) is 4.13. The molecule has 0 bridgehead atoms. The summed E-state index contributed by atoms with van der Waals surface area (Å²) in [6.45, 7) is 0.623. The number of benzene rings is 1. The average molecular weight is 327 g/mol. The summed E-state index contributed by atoms with van der Waals surface area (Å²) in [6.07, 6.45) is 6.71. The van der Waals surface area contributed by atoms with Crippen LogP contribution >= 0.6 is 0 Å². The standard InChI is InChI=1S/C17H21N5O2/c1-20(2)17(24)15-4-3-10-22(15)16(23)13-5-7-14(8-6-13)19-21-11-9-18-12-21/h5-9,11-12,15,19H,3-4,10H2,1-2H3. The van der Waals surface area contributed by atoms with Gasteiger partial charge in [0.25, 0.3) is 5.91 Å². The van der Waals surface area contributed by atoms with Crippen molar-refractivity contribution >= 4 is 17.5 Å². The van der Waals surface area contributed by atoms with E-state index in [1.807, 2.05) is 12.1 Å². The van der Waals surface area contributed by atoms with Crippen LogP contribution in [0.4, 0.5) is 5.69 Å². The molecule has 1 N–H and O–H groups in total. The molecule has 1 aromatic heterocycles. The lowest BCUT2D eigenvalue weighted by atomic mass is 10.1. The third kappa shape index (κ3) is 3.24. The van der Waals surface area contributed by atoms with Crippen molar-refractivity contribution in [2.75, 3.05) is 26.1 Å². The molecule has 0 saturated carbocycles. The lowest BCUT2D eigenvalue weighted by Crippen LogP contribution is -2.45. The zero-order valence-corrected chi connectivity index (χ0v) is 13.8. The Bertz CT molecular complexity index is 709. The fraction of sp³-hybridized carbons (Fsp3) is 0.353. The Labute approximate surface area is 140 Å². The van der Waals surface area contributed by atoms with Crippen LogP contribution in [0.3, 0.4) is 0 Å². The first kappa shape index (κ1) is 16.0. The Balaban J connectivity index is 1.71. The van der Waals surface area contributed by atoms with Crippen molar-refractivity contribution in [3.63, 3.8) is 0 Å². The highest BCUT2D eigenvalue weighted by atomic mass is 16.2. The van der Waals surface area contributed by atoms with E-state index in [2.05, 4.69) is 10.4 Å². The van der Waals surface area contributed by atoms with Crippen molar-refractivity contribution in [1.29, 1.82) is 0 Å². The molecule has 2 aromatic rings. The van der Waals surface area contributed by atoms with Crippen LogP contribution in [-0.4, -0.2) is 58.0 Å². The predicted molar refractivity (Wildman–Crippen MR) is 90.4 cm³/mol. The molecule has 0 aliphatic carbocycles. The van der Waals surface area contributed by atoms with Crippen LogP contribution in [0.15, 0.2) is 43.0 Å². The van der Waals surface area contributed by atoms with Crippen LogP contribution in [0.1, 0.15) is 23.2 Å². The molecule has 1 aliphatic rings. The first-order valence-corrected chi connectivity index (χ1v) is 7.93. The molecule has 1 saturated heterocycles. The Morgan fingerprint density at radius 1 is 1.25 bits per heavy atom. The fourth-order valence-corrected chi connectivity index (χ4v) is 2.89. The lowest BCUT2D eigenvalue weighted by molar-refractivity contribution is -0.132. The number of hydrogen-bond donors (Lipinski definition) is 1. The maximum Gasteiger partial charge on any atom is 0.254 e. The van der Waals surface area contributed by atoms with E-state index in [4.69, 9.17) is 0 Å². The van der Waals surface area contributed by atoms with E-state index in [1.165, 1.54) is 0 Å². The van der Waals surface area contributed by atoms with Gasteiger partial charge in [0.2, 0.25) is 5.91 Å². The van der Waals surface area contributed by atoms with E-state index in [9.17, 15) is 9.59 Å². The number of rotatable bonds is 4. The minimum atomic E-state index is -0.351. The second-order valence-corrected chi connectivity index (χ2v) is 6.05. The van der Waals surface area contributed by atoms with E-state index in [1.54, 1.807) is 59.4 Å². The highest BCUT2D eigenvalue weighted by Crippen LogP contribution is 2.22. The van der Waals surface area contributed by atoms with Crippen molar-refractivity contribution in [2.45, 2.75) is 18.9 Å². The second kappa shape index (κ2) is 6.74. The Kier molecular flexibility index (Phi) is 4.50. The summed E-state index contributed by atoms with van der Waals surface area (Å²) in [5.74, 6) is -0.110. The van der Waals surface area contributed by atoms with E-state index in [0.29, 0.717) is 12.1 Å². The molecule has 24 heavy (non-hydrogen) atoms. The maximum atomic E-state index is 12.7. The average Bonchev–Trinajstić information content (AvgIpc) is 3.25. The summed E-state index contributed by atoms with van der Waals surface area (Å²) < 4.78 is 1.73. The van der Waals surface area contributed by atoms with Crippen LogP contribution in [0.2, 0.25) is 0 Å². The molecule has 2 amide bonds. The van der Waals surface area contributed by atoms with Gasteiger partial charge >= 0.3 is 0 Å². The summed E-state index contributed by atoms with van der Waals surface area (Å²) >= 11 is 0. The highest BCUT2D eigenvalue weighted by Gasteiger charge is 2.35. The molecular weight excluding hydrogens is 306 g/mol. The molecule has 1 fully saturated rings. The summed E-state index contributed by atoms with van der Waals surface area (Å²) in [7, 11) is 3.44. The van der Waals surface area contributed by atoms with Gasteiger partial charge in [-0.25, -0.2) is 4.98 Å². The van der Waals surface area contributed by atoms with Gasteiger partial charge in [-0.2, -0.15) is 0 Å². The molecule has 1 atom stereocenters. The number of likely N-dealkylation sites (N-methyl/N-ethyl adjacent to an activating group) is 1. The molecule has 3 rings (SSSR count). The number of carbonyl (C=O) groups excluding carboxylic acids is 2. The molecule has 1 aromatic carbocycles. The highest BCUT2D eigenvalue weighted by molar-refractivity contribution is 5.98. The van der Waals surface area contributed by atoms with E-state index in [-0.39, 0.29) is 17.9 Å². The molecule has 7 heteroatoms. The monoisotopic (exact) mass is 327 g/mol. The molecule has 0 spiro atoms. The molecule has 2 heterocycles. The molecule has 1 unspecified atom stereocenters. The van der Waals surface area contributed by atoms with Crippen molar-refractivity contribution in [2.24, 2.45) is 0 Å². The van der Waals surface area contributed by atoms with Crippen molar-refractivity contribution in [3.05, 3.63) is 48.5 Å². The van der Waals surface area contributed by atoms with Gasteiger partial charge in [0.1, 0.15) is 12.4 Å². The number of aromatic nitrogens is 2. The zero-order valence-electron chi connectivity index (χ0n) is 13.8. The number of imidazole rings is 1. The normalized spacial score (nSPS) is 16.9. The van der Waals surface area contributed by atoms with Gasteiger partial charge in [-0.15, -0.1) is 0 Å². The van der Waals surface area contributed by atoms with Crippen LogP contribution in [0.5, 0.6) is 0 Å². The van der Waals surface area contributed by atoms with Crippen LogP contribution in [0.25, 0.3) is 0 Å².